The highest BCUT2D eigenvalue weighted by Crippen LogP contribution is 2.23. The minimum absolute atomic E-state index is 0.154. The fourth-order valence-corrected chi connectivity index (χ4v) is 3.17. The Morgan fingerprint density at radius 1 is 1.26 bits per heavy atom. The Morgan fingerprint density at radius 2 is 1.89 bits per heavy atom. The van der Waals surface area contributed by atoms with Crippen LogP contribution in [0.3, 0.4) is 0 Å². The number of anilines is 1. The number of para-hydroxylation sites is 1. The lowest BCUT2D eigenvalue weighted by Crippen LogP contribution is -2.39. The molecule has 0 bridgehead atoms. The molecular formula is C19H28BCl2N2O3. The van der Waals surface area contributed by atoms with E-state index in [-0.39, 0.29) is 18.4 Å². The number of nitrogens with one attached hydrogen (secondary N) is 1. The topological polar surface area (TPSA) is 58.6 Å². The van der Waals surface area contributed by atoms with Crippen molar-refractivity contribution < 1.29 is 14.3 Å². The first-order chi connectivity index (χ1) is 12.8. The van der Waals surface area contributed by atoms with Crippen LogP contribution in [0, 0.1) is 0 Å². The van der Waals surface area contributed by atoms with Gasteiger partial charge in [-0.05, 0) is 38.8 Å². The normalized spacial score (nSPS) is 12.3. The van der Waals surface area contributed by atoms with Crippen molar-refractivity contribution in [2.45, 2.75) is 45.3 Å². The minimum atomic E-state index is -0.550. The zero-order valence-electron chi connectivity index (χ0n) is 16.2. The first kappa shape index (κ1) is 23.8. The molecule has 149 valence electrons. The molecule has 0 aliphatic rings. The first-order valence-electron chi connectivity index (χ1n) is 9.00. The molecule has 0 unspecified atom stereocenters. The lowest BCUT2D eigenvalue weighted by Gasteiger charge is -2.27. The average Bonchev–Trinajstić information content (AvgIpc) is 2.58. The largest absolute Gasteiger partial charge is 0.460 e. The highest BCUT2D eigenvalue weighted by atomic mass is 35.5. The van der Waals surface area contributed by atoms with Gasteiger partial charge in [-0.2, -0.15) is 0 Å². The molecule has 0 fully saturated rings. The molecule has 0 spiro atoms. The molecule has 1 aromatic carbocycles. The maximum atomic E-state index is 12.2. The molecule has 0 saturated heterocycles. The van der Waals surface area contributed by atoms with Gasteiger partial charge in [-0.3, -0.25) is 4.79 Å². The molecule has 0 amide bonds. The van der Waals surface area contributed by atoms with Gasteiger partial charge in [0, 0.05) is 36.6 Å². The summed E-state index contributed by atoms with van der Waals surface area (Å²) in [5, 5.41) is 3.00. The molecule has 0 heterocycles. The number of ether oxygens (including phenoxy) is 1. The zero-order chi connectivity index (χ0) is 20.3. The van der Waals surface area contributed by atoms with E-state index in [2.05, 4.69) is 10.1 Å². The highest BCUT2D eigenvalue weighted by molar-refractivity contribution is 6.64. The van der Waals surface area contributed by atoms with Crippen molar-refractivity contribution in [2.75, 3.05) is 29.7 Å². The summed E-state index contributed by atoms with van der Waals surface area (Å²) in [7, 11) is 1.31. The van der Waals surface area contributed by atoms with Crippen LogP contribution in [0.4, 0.5) is 5.69 Å². The number of carbonyl (C=O) groups is 2. The summed E-state index contributed by atoms with van der Waals surface area (Å²) in [6.07, 6.45) is 1.38. The van der Waals surface area contributed by atoms with E-state index in [1.807, 2.05) is 45.0 Å². The van der Waals surface area contributed by atoms with E-state index in [1.54, 1.807) is 0 Å². The maximum Gasteiger partial charge on any atom is 0.307 e. The van der Waals surface area contributed by atoms with Crippen molar-refractivity contribution in [1.82, 2.24) is 5.23 Å². The van der Waals surface area contributed by atoms with Crippen molar-refractivity contribution in [2.24, 2.45) is 0 Å². The van der Waals surface area contributed by atoms with Crippen molar-refractivity contribution >= 4 is 48.5 Å². The van der Waals surface area contributed by atoms with Crippen LogP contribution in [0.25, 0.3) is 0 Å². The summed E-state index contributed by atoms with van der Waals surface area (Å²) in [6, 6.07) is 7.67. The van der Waals surface area contributed by atoms with Crippen molar-refractivity contribution in [1.29, 1.82) is 0 Å². The van der Waals surface area contributed by atoms with Gasteiger partial charge in [0.15, 0.2) is 0 Å². The second-order valence-electron chi connectivity index (χ2n) is 7.15. The zero-order valence-corrected chi connectivity index (χ0v) is 17.7. The molecule has 0 saturated carbocycles. The molecule has 5 nitrogen and oxygen atoms in total. The predicted molar refractivity (Wildman–Crippen MR) is 114 cm³/mol. The molecule has 0 aliphatic carbocycles. The maximum absolute atomic E-state index is 12.2. The van der Waals surface area contributed by atoms with E-state index < -0.39 is 5.60 Å². The van der Waals surface area contributed by atoms with Crippen LogP contribution in [0.2, 0.25) is 0 Å². The van der Waals surface area contributed by atoms with Gasteiger partial charge in [0.2, 0.25) is 0 Å². The quantitative estimate of drug-likeness (QED) is 0.247. The Bertz CT molecular complexity index is 591. The van der Waals surface area contributed by atoms with E-state index in [1.165, 1.54) is 7.41 Å². The SMILES string of the molecule is CC(C)(C)OC(=O)C[C@H](Cc1ccccc1N(CCCl)CCCl)N[B]C=O. The number of esters is 1. The Hall–Kier alpha value is -1.24. The summed E-state index contributed by atoms with van der Waals surface area (Å²) in [5.41, 5.74) is 1.53. The lowest BCUT2D eigenvalue weighted by atomic mass is 9.92. The molecule has 8 heteroatoms. The Labute approximate surface area is 173 Å². The van der Waals surface area contributed by atoms with Gasteiger partial charge in [0.1, 0.15) is 5.60 Å². The summed E-state index contributed by atoms with van der Waals surface area (Å²) in [4.78, 5) is 25.1. The first-order valence-corrected chi connectivity index (χ1v) is 10.1. The third-order valence-corrected chi connectivity index (χ3v) is 4.08. The third kappa shape index (κ3) is 9.50. The molecule has 0 aliphatic heterocycles. The monoisotopic (exact) mass is 413 g/mol. The van der Waals surface area contributed by atoms with Crippen LogP contribution in [0.5, 0.6) is 0 Å². The van der Waals surface area contributed by atoms with Crippen LogP contribution in [-0.2, 0) is 20.7 Å². The number of benzene rings is 1. The minimum Gasteiger partial charge on any atom is -0.460 e. The van der Waals surface area contributed by atoms with Gasteiger partial charge in [-0.15, -0.1) is 23.2 Å². The Kier molecular flexibility index (Phi) is 10.8. The number of nitrogens with zero attached hydrogens (tertiary/aromatic N) is 1. The van der Waals surface area contributed by atoms with E-state index in [9.17, 15) is 9.59 Å². The molecular weight excluding hydrogens is 386 g/mol. The number of rotatable bonds is 12. The molecule has 1 aromatic rings. The van der Waals surface area contributed by atoms with E-state index in [0.29, 0.717) is 37.5 Å². The van der Waals surface area contributed by atoms with Crippen LogP contribution < -0.4 is 10.1 Å². The summed E-state index contributed by atoms with van der Waals surface area (Å²) in [6.45, 7) is 6.84. The van der Waals surface area contributed by atoms with E-state index in [4.69, 9.17) is 27.9 Å². The Balaban J connectivity index is 2.96. The molecule has 27 heavy (non-hydrogen) atoms. The molecule has 1 N–H and O–H groups in total. The van der Waals surface area contributed by atoms with Gasteiger partial charge in [0.05, 0.1) is 12.6 Å². The lowest BCUT2D eigenvalue weighted by molar-refractivity contribution is -0.155. The second-order valence-corrected chi connectivity index (χ2v) is 7.91. The highest BCUT2D eigenvalue weighted by Gasteiger charge is 2.22. The van der Waals surface area contributed by atoms with Crippen LogP contribution in [0.1, 0.15) is 32.8 Å². The van der Waals surface area contributed by atoms with E-state index >= 15 is 0 Å². The van der Waals surface area contributed by atoms with Gasteiger partial charge in [-0.1, -0.05) is 18.2 Å². The summed E-state index contributed by atoms with van der Waals surface area (Å²) >= 11 is 11.9. The number of alkyl halides is 2. The fourth-order valence-electron chi connectivity index (χ4n) is 2.76. The number of hydrogen-bond donors (Lipinski definition) is 1. The van der Waals surface area contributed by atoms with E-state index in [0.717, 1.165) is 11.3 Å². The van der Waals surface area contributed by atoms with Crippen molar-refractivity contribution in [3.8, 4) is 0 Å². The van der Waals surface area contributed by atoms with Gasteiger partial charge < -0.3 is 19.7 Å². The predicted octanol–water partition coefficient (Wildman–Crippen LogP) is 3.01. The van der Waals surface area contributed by atoms with Crippen LogP contribution in [-0.4, -0.2) is 56.1 Å². The molecule has 0 aromatic heterocycles. The number of carbonyl (C=O) groups excluding carboxylic acids is 2. The standard InChI is InChI=1S/C19H28BCl2N2O3/c1-19(2,3)27-18(26)13-16(23-20-14-25)12-15-6-4-5-7-17(15)24(10-8-21)11-9-22/h4-7,14,16,23H,8-13H2,1-3H3/t16-/m0/s1. The molecule has 1 atom stereocenters. The summed E-state index contributed by atoms with van der Waals surface area (Å²) in [5.74, 6) is 0.670. The van der Waals surface area contributed by atoms with Gasteiger partial charge >= 0.3 is 5.97 Å². The number of halogens is 2. The average molecular weight is 414 g/mol. The summed E-state index contributed by atoms with van der Waals surface area (Å²) < 4.78 is 5.41. The number of hydrogen-bond acceptors (Lipinski definition) is 5. The van der Waals surface area contributed by atoms with Crippen LogP contribution >= 0.6 is 23.2 Å². The second kappa shape index (κ2) is 12.3. The third-order valence-electron chi connectivity index (χ3n) is 3.74. The van der Waals surface area contributed by atoms with Gasteiger partial charge in [0.25, 0.3) is 7.41 Å². The van der Waals surface area contributed by atoms with Crippen molar-refractivity contribution in [3.63, 3.8) is 0 Å². The smallest absolute Gasteiger partial charge is 0.307 e. The van der Waals surface area contributed by atoms with Crippen LogP contribution in [0.15, 0.2) is 24.3 Å². The van der Waals surface area contributed by atoms with Crippen molar-refractivity contribution in [3.05, 3.63) is 29.8 Å². The Morgan fingerprint density at radius 3 is 2.44 bits per heavy atom. The fraction of sp³-hybridized carbons (Fsp3) is 0.579. The molecule has 1 radical (unpaired) electrons. The molecule has 1 rings (SSSR count). The van der Waals surface area contributed by atoms with Gasteiger partial charge in [-0.25, -0.2) is 0 Å².